The lowest BCUT2D eigenvalue weighted by atomic mass is 9.82. The van der Waals surface area contributed by atoms with Crippen LogP contribution in [0.1, 0.15) is 51.0 Å². The number of hydrogen-bond acceptors (Lipinski definition) is 7. The van der Waals surface area contributed by atoms with Gasteiger partial charge in [0, 0.05) is 54.8 Å². The fraction of sp³-hybridized carbons (Fsp3) is 0.444. The van der Waals surface area contributed by atoms with Crippen molar-refractivity contribution in [2.75, 3.05) is 25.1 Å². The zero-order valence-electron chi connectivity index (χ0n) is 22.1. The summed E-state index contributed by atoms with van der Waals surface area (Å²) in [4.78, 5) is 19.1. The summed E-state index contributed by atoms with van der Waals surface area (Å²) in [7, 11) is -3.27. The predicted octanol–water partition coefficient (Wildman–Crippen LogP) is 3.54. The van der Waals surface area contributed by atoms with Crippen LogP contribution in [0.4, 0.5) is 10.6 Å². The zero-order chi connectivity index (χ0) is 27.2. The molecule has 38 heavy (non-hydrogen) atoms. The first-order chi connectivity index (χ1) is 17.9. The van der Waals surface area contributed by atoms with Gasteiger partial charge in [0.2, 0.25) is 0 Å². The SMILES string of the molecule is CC(C)NC(=O)N1CC[C@@]2(CCn3nc(-c4cnc(N)c(OC(C)c5ccc(S(C)(=O)=O)cc5)c4)cc32)C1. The Morgan fingerprint density at radius 3 is 2.53 bits per heavy atom. The molecule has 1 aromatic carbocycles. The van der Waals surface area contributed by atoms with Crippen LogP contribution in [0.3, 0.4) is 0 Å². The lowest BCUT2D eigenvalue weighted by Crippen LogP contribution is -2.43. The molecule has 3 N–H and O–H groups in total. The minimum Gasteiger partial charge on any atom is -0.482 e. The van der Waals surface area contributed by atoms with E-state index < -0.39 is 9.84 Å². The third-order valence-electron chi connectivity index (χ3n) is 7.44. The Kier molecular flexibility index (Phi) is 6.58. The van der Waals surface area contributed by atoms with Crippen molar-refractivity contribution in [3.8, 4) is 17.0 Å². The number of carbonyl (C=O) groups is 1. The molecule has 0 aliphatic carbocycles. The van der Waals surface area contributed by atoms with Crippen molar-refractivity contribution in [2.45, 2.75) is 62.6 Å². The van der Waals surface area contributed by atoms with Gasteiger partial charge in [0.15, 0.2) is 21.4 Å². The number of nitrogen functional groups attached to an aromatic ring is 1. The molecule has 5 rings (SSSR count). The smallest absolute Gasteiger partial charge is 0.317 e. The van der Waals surface area contributed by atoms with Crippen LogP contribution >= 0.6 is 0 Å². The van der Waals surface area contributed by atoms with Crippen LogP contribution in [0.15, 0.2) is 47.5 Å². The molecule has 0 bridgehead atoms. The molecule has 2 aliphatic heterocycles. The summed E-state index contributed by atoms with van der Waals surface area (Å²) in [6.45, 7) is 8.02. The van der Waals surface area contributed by atoms with Gasteiger partial charge in [-0.3, -0.25) is 4.68 Å². The maximum atomic E-state index is 12.6. The Balaban J connectivity index is 1.35. The number of likely N-dealkylation sites (tertiary alicyclic amines) is 1. The molecule has 11 heteroatoms. The van der Waals surface area contributed by atoms with Gasteiger partial charge < -0.3 is 20.7 Å². The topological polar surface area (TPSA) is 132 Å². The lowest BCUT2D eigenvalue weighted by molar-refractivity contribution is 0.203. The molecule has 2 atom stereocenters. The first-order valence-electron chi connectivity index (χ1n) is 12.8. The number of anilines is 1. The van der Waals surface area contributed by atoms with E-state index in [1.807, 2.05) is 36.4 Å². The number of ether oxygens (including phenoxy) is 1. The number of nitrogens with two attached hydrogens (primary N) is 1. The van der Waals surface area contributed by atoms with Crippen LogP contribution in [0.5, 0.6) is 5.75 Å². The van der Waals surface area contributed by atoms with Gasteiger partial charge in [-0.05, 0) is 63.4 Å². The average molecular weight is 539 g/mol. The van der Waals surface area contributed by atoms with E-state index in [4.69, 9.17) is 15.6 Å². The molecule has 0 saturated carbocycles. The van der Waals surface area contributed by atoms with Crippen molar-refractivity contribution in [3.05, 3.63) is 53.9 Å². The quantitative estimate of drug-likeness (QED) is 0.491. The van der Waals surface area contributed by atoms with E-state index >= 15 is 0 Å². The fourth-order valence-corrected chi connectivity index (χ4v) is 5.96. The zero-order valence-corrected chi connectivity index (χ0v) is 23.0. The Morgan fingerprint density at radius 2 is 1.84 bits per heavy atom. The number of urea groups is 1. The van der Waals surface area contributed by atoms with Crippen LogP contribution in [0.2, 0.25) is 0 Å². The van der Waals surface area contributed by atoms with Gasteiger partial charge in [0.25, 0.3) is 0 Å². The largest absolute Gasteiger partial charge is 0.482 e. The Bertz CT molecular complexity index is 1470. The summed E-state index contributed by atoms with van der Waals surface area (Å²) in [5, 5.41) is 7.84. The number of nitrogens with zero attached hydrogens (tertiary/aromatic N) is 4. The third kappa shape index (κ3) is 4.94. The van der Waals surface area contributed by atoms with Crippen LogP contribution in [0, 0.1) is 0 Å². The monoisotopic (exact) mass is 538 g/mol. The van der Waals surface area contributed by atoms with Crippen molar-refractivity contribution in [2.24, 2.45) is 0 Å². The summed E-state index contributed by atoms with van der Waals surface area (Å²) in [5.74, 6) is 0.696. The van der Waals surface area contributed by atoms with Gasteiger partial charge in [-0.1, -0.05) is 12.1 Å². The molecule has 0 radical (unpaired) electrons. The second-order valence-corrected chi connectivity index (χ2v) is 12.7. The normalized spacial score (nSPS) is 19.7. The van der Waals surface area contributed by atoms with Crippen molar-refractivity contribution >= 4 is 21.7 Å². The molecular formula is C27H34N6O4S. The highest BCUT2D eigenvalue weighted by Crippen LogP contribution is 2.44. The van der Waals surface area contributed by atoms with Gasteiger partial charge in [0.05, 0.1) is 10.6 Å². The van der Waals surface area contributed by atoms with E-state index in [9.17, 15) is 13.2 Å². The van der Waals surface area contributed by atoms with Crippen LogP contribution in [-0.2, 0) is 21.8 Å². The number of aryl methyl sites for hydroxylation is 1. The molecule has 1 spiro atoms. The van der Waals surface area contributed by atoms with Crippen LogP contribution in [0.25, 0.3) is 11.3 Å². The average Bonchev–Trinajstić information content (AvgIpc) is 3.56. The fourth-order valence-electron chi connectivity index (χ4n) is 5.33. The number of amides is 2. The molecule has 2 amide bonds. The lowest BCUT2D eigenvalue weighted by Gasteiger charge is -2.24. The molecule has 1 unspecified atom stereocenters. The number of aromatic nitrogens is 3. The van der Waals surface area contributed by atoms with E-state index in [2.05, 4.69) is 16.4 Å². The molecule has 1 fully saturated rings. The number of rotatable bonds is 6. The van der Waals surface area contributed by atoms with Crippen molar-refractivity contribution in [1.82, 2.24) is 25.0 Å². The number of fused-ring (bicyclic) bond motifs is 2. The molecular weight excluding hydrogens is 504 g/mol. The molecule has 2 aromatic heterocycles. The molecule has 10 nitrogen and oxygen atoms in total. The predicted molar refractivity (Wildman–Crippen MR) is 145 cm³/mol. The second kappa shape index (κ2) is 9.61. The van der Waals surface area contributed by atoms with Gasteiger partial charge in [0.1, 0.15) is 6.10 Å². The number of nitrogens with one attached hydrogen (secondary N) is 1. The molecule has 1 saturated heterocycles. The number of benzene rings is 1. The summed E-state index contributed by atoms with van der Waals surface area (Å²) in [6, 6.07) is 10.6. The number of hydrogen-bond donors (Lipinski definition) is 2. The molecule has 202 valence electrons. The van der Waals surface area contributed by atoms with E-state index in [0.717, 1.165) is 48.4 Å². The Hall–Kier alpha value is -3.60. The van der Waals surface area contributed by atoms with Crippen molar-refractivity contribution < 1.29 is 17.9 Å². The Labute approximate surface area is 223 Å². The summed E-state index contributed by atoms with van der Waals surface area (Å²) in [6.07, 6.45) is 4.37. The van der Waals surface area contributed by atoms with Gasteiger partial charge in [-0.2, -0.15) is 5.10 Å². The van der Waals surface area contributed by atoms with Gasteiger partial charge in [-0.25, -0.2) is 18.2 Å². The minimum atomic E-state index is -3.27. The van der Waals surface area contributed by atoms with Crippen LogP contribution in [-0.4, -0.2) is 59.5 Å². The first kappa shape index (κ1) is 26.0. The number of sulfone groups is 1. The van der Waals surface area contributed by atoms with Crippen molar-refractivity contribution in [3.63, 3.8) is 0 Å². The third-order valence-corrected chi connectivity index (χ3v) is 8.57. The van der Waals surface area contributed by atoms with Gasteiger partial charge >= 0.3 is 6.03 Å². The van der Waals surface area contributed by atoms with E-state index in [1.165, 1.54) is 6.26 Å². The molecule has 3 aromatic rings. The summed E-state index contributed by atoms with van der Waals surface area (Å²) in [5.41, 5.74) is 9.58. The maximum Gasteiger partial charge on any atom is 0.317 e. The summed E-state index contributed by atoms with van der Waals surface area (Å²) < 4.78 is 31.7. The second-order valence-electron chi connectivity index (χ2n) is 10.7. The van der Waals surface area contributed by atoms with Crippen LogP contribution < -0.4 is 15.8 Å². The number of carbonyl (C=O) groups excluding carboxylic acids is 1. The highest BCUT2D eigenvalue weighted by molar-refractivity contribution is 7.90. The Morgan fingerprint density at radius 1 is 1.13 bits per heavy atom. The van der Waals surface area contributed by atoms with E-state index in [1.54, 1.807) is 30.5 Å². The minimum absolute atomic E-state index is 0.0142. The highest BCUT2D eigenvalue weighted by atomic mass is 32.2. The maximum absolute atomic E-state index is 12.6. The van der Waals surface area contributed by atoms with E-state index in [-0.39, 0.29) is 34.3 Å². The summed E-state index contributed by atoms with van der Waals surface area (Å²) >= 11 is 0. The molecule has 4 heterocycles. The highest BCUT2D eigenvalue weighted by Gasteiger charge is 2.47. The first-order valence-corrected chi connectivity index (χ1v) is 14.7. The van der Waals surface area contributed by atoms with Gasteiger partial charge in [-0.15, -0.1) is 0 Å². The van der Waals surface area contributed by atoms with Crippen molar-refractivity contribution in [1.29, 1.82) is 0 Å². The molecule has 2 aliphatic rings. The standard InChI is InChI=1S/C27H34N6O4S/c1-17(2)30-26(34)32-11-9-27(16-32)10-12-33-24(27)14-22(31-33)20-13-23(25(28)29-15-20)37-18(3)19-5-7-21(8-6-19)38(4,35)36/h5-8,13-15,17-18H,9-12,16H2,1-4H3,(H2,28,29)(H,30,34)/t18?,27-/m1/s1. The van der Waals surface area contributed by atoms with E-state index in [0.29, 0.717) is 12.3 Å². The number of pyridine rings is 1.